The number of rotatable bonds is 5. The van der Waals surface area contributed by atoms with E-state index in [4.69, 9.17) is 22.1 Å². The largest absolute Gasteiger partial charge is 0.452 e. The maximum atomic E-state index is 12.0. The number of esters is 1. The quantitative estimate of drug-likeness (QED) is 0.672. The van der Waals surface area contributed by atoms with E-state index in [9.17, 15) is 9.59 Å². The Hall–Kier alpha value is -2.05. The fraction of sp³-hybridized carbons (Fsp3) is 0.200. The number of ether oxygens (including phenoxy) is 1. The Bertz CT molecular complexity index is 673. The molecule has 1 aromatic heterocycles. The van der Waals surface area contributed by atoms with Crippen molar-refractivity contribution in [3.05, 3.63) is 51.2 Å². The van der Waals surface area contributed by atoms with Crippen LogP contribution in [-0.2, 0) is 16.1 Å². The third kappa shape index (κ3) is 4.22. The summed E-state index contributed by atoms with van der Waals surface area (Å²) >= 11 is 7.38. The Labute approximate surface area is 137 Å². The highest BCUT2D eigenvalue weighted by molar-refractivity contribution is 7.07. The Kier molecular flexibility index (Phi) is 5.41. The first-order chi connectivity index (χ1) is 10.5. The Balaban J connectivity index is 1.90. The molecular formula is C15H15ClN2O3S. The normalized spacial score (nSPS) is 10.3. The number of carbonyl (C=O) groups is 2. The highest BCUT2D eigenvalue weighted by Gasteiger charge is 2.16. The molecule has 116 valence electrons. The van der Waals surface area contributed by atoms with Crippen molar-refractivity contribution in [1.29, 1.82) is 0 Å². The predicted molar refractivity (Wildman–Crippen MR) is 86.9 cm³/mol. The van der Waals surface area contributed by atoms with Crippen molar-refractivity contribution in [2.75, 3.05) is 19.4 Å². The van der Waals surface area contributed by atoms with E-state index in [1.165, 1.54) is 17.0 Å². The number of nitrogens with two attached hydrogens (primary N) is 1. The van der Waals surface area contributed by atoms with Crippen LogP contribution in [0, 0.1) is 0 Å². The Morgan fingerprint density at radius 2 is 2.14 bits per heavy atom. The van der Waals surface area contributed by atoms with E-state index in [0.29, 0.717) is 11.6 Å². The molecule has 2 aromatic rings. The van der Waals surface area contributed by atoms with E-state index < -0.39 is 5.97 Å². The number of amides is 1. The first-order valence-corrected chi connectivity index (χ1v) is 7.76. The minimum absolute atomic E-state index is 0.154. The first-order valence-electron chi connectivity index (χ1n) is 6.44. The number of nitrogens with zero attached hydrogens (tertiary/aromatic N) is 1. The second-order valence-corrected chi connectivity index (χ2v) is 5.91. The standard InChI is InChI=1S/C15H15ClN2O3S/c1-18(7-10-4-5-22-9-10)14(19)8-21-15(20)12-6-11(16)2-3-13(12)17/h2-6,9H,7-8,17H2,1H3. The van der Waals surface area contributed by atoms with Crippen molar-refractivity contribution in [3.8, 4) is 0 Å². The molecule has 0 saturated heterocycles. The van der Waals surface area contributed by atoms with Crippen LogP contribution in [0.2, 0.25) is 5.02 Å². The molecule has 0 aliphatic heterocycles. The molecule has 2 N–H and O–H groups in total. The maximum Gasteiger partial charge on any atom is 0.340 e. The smallest absolute Gasteiger partial charge is 0.340 e. The summed E-state index contributed by atoms with van der Waals surface area (Å²) in [6.07, 6.45) is 0. The zero-order valence-corrected chi connectivity index (χ0v) is 13.5. The van der Waals surface area contributed by atoms with Crippen LogP contribution in [0.1, 0.15) is 15.9 Å². The van der Waals surface area contributed by atoms with Gasteiger partial charge < -0.3 is 15.4 Å². The lowest BCUT2D eigenvalue weighted by Gasteiger charge is -2.16. The highest BCUT2D eigenvalue weighted by atomic mass is 35.5. The van der Waals surface area contributed by atoms with Crippen molar-refractivity contribution in [2.24, 2.45) is 0 Å². The molecule has 2 rings (SSSR count). The first kappa shape index (κ1) is 16.3. The third-order valence-electron chi connectivity index (χ3n) is 2.99. The lowest BCUT2D eigenvalue weighted by atomic mass is 10.2. The summed E-state index contributed by atoms with van der Waals surface area (Å²) in [5, 5.41) is 4.28. The van der Waals surface area contributed by atoms with E-state index in [1.54, 1.807) is 24.5 Å². The van der Waals surface area contributed by atoms with Gasteiger partial charge in [0.2, 0.25) is 0 Å². The summed E-state index contributed by atoms with van der Waals surface area (Å²) in [6, 6.07) is 6.45. The zero-order valence-electron chi connectivity index (χ0n) is 11.9. The molecule has 0 aliphatic carbocycles. The van der Waals surface area contributed by atoms with Crippen LogP contribution in [0.5, 0.6) is 0 Å². The van der Waals surface area contributed by atoms with Gasteiger partial charge in [-0.3, -0.25) is 4.79 Å². The number of anilines is 1. The molecule has 5 nitrogen and oxygen atoms in total. The number of hydrogen-bond donors (Lipinski definition) is 1. The second kappa shape index (κ2) is 7.29. The van der Waals surface area contributed by atoms with Crippen LogP contribution in [0.15, 0.2) is 35.0 Å². The highest BCUT2D eigenvalue weighted by Crippen LogP contribution is 2.18. The number of hydrogen-bond acceptors (Lipinski definition) is 5. The molecule has 0 unspecified atom stereocenters. The van der Waals surface area contributed by atoms with Crippen LogP contribution in [-0.4, -0.2) is 30.4 Å². The molecule has 7 heteroatoms. The van der Waals surface area contributed by atoms with Crippen molar-refractivity contribution in [2.45, 2.75) is 6.54 Å². The van der Waals surface area contributed by atoms with E-state index in [1.807, 2.05) is 16.8 Å². The number of thiophene rings is 1. The van der Waals surface area contributed by atoms with Crippen LogP contribution in [0.25, 0.3) is 0 Å². The van der Waals surface area contributed by atoms with Gasteiger partial charge in [-0.25, -0.2) is 4.79 Å². The fourth-order valence-corrected chi connectivity index (χ4v) is 2.60. The van der Waals surface area contributed by atoms with E-state index >= 15 is 0 Å². The zero-order chi connectivity index (χ0) is 16.1. The van der Waals surface area contributed by atoms with E-state index in [0.717, 1.165) is 5.56 Å². The van der Waals surface area contributed by atoms with Crippen LogP contribution < -0.4 is 5.73 Å². The minimum atomic E-state index is -0.669. The lowest BCUT2D eigenvalue weighted by Crippen LogP contribution is -2.30. The number of benzene rings is 1. The topological polar surface area (TPSA) is 72.6 Å². The van der Waals surface area contributed by atoms with Gasteiger partial charge in [0.05, 0.1) is 5.56 Å². The fourth-order valence-electron chi connectivity index (χ4n) is 1.77. The van der Waals surface area contributed by atoms with Gasteiger partial charge in [-0.2, -0.15) is 11.3 Å². The van der Waals surface area contributed by atoms with Gasteiger partial charge in [-0.15, -0.1) is 0 Å². The Morgan fingerprint density at radius 3 is 2.82 bits per heavy atom. The predicted octanol–water partition coefficient (Wildman–Crippen LogP) is 2.80. The lowest BCUT2D eigenvalue weighted by molar-refractivity contribution is -0.133. The minimum Gasteiger partial charge on any atom is -0.452 e. The molecule has 0 bridgehead atoms. The van der Waals surface area contributed by atoms with Crippen molar-refractivity contribution in [3.63, 3.8) is 0 Å². The molecule has 1 amide bonds. The van der Waals surface area contributed by atoms with Gasteiger partial charge in [0, 0.05) is 24.3 Å². The van der Waals surface area contributed by atoms with Crippen molar-refractivity contribution in [1.82, 2.24) is 4.90 Å². The molecular weight excluding hydrogens is 324 g/mol. The number of nitrogen functional groups attached to an aromatic ring is 1. The molecule has 0 aliphatic rings. The SMILES string of the molecule is CN(Cc1ccsc1)C(=O)COC(=O)c1cc(Cl)ccc1N. The molecule has 1 heterocycles. The molecule has 0 saturated carbocycles. The van der Waals surface area contributed by atoms with Gasteiger partial charge in [0.15, 0.2) is 6.61 Å². The number of likely N-dealkylation sites (N-methyl/N-ethyl adjacent to an activating group) is 1. The van der Waals surface area contributed by atoms with Crippen molar-refractivity contribution >= 4 is 40.5 Å². The molecule has 0 radical (unpaired) electrons. The van der Waals surface area contributed by atoms with Crippen LogP contribution in [0.3, 0.4) is 0 Å². The van der Waals surface area contributed by atoms with Crippen molar-refractivity contribution < 1.29 is 14.3 Å². The van der Waals surface area contributed by atoms with Gasteiger partial charge in [-0.1, -0.05) is 11.6 Å². The van der Waals surface area contributed by atoms with Gasteiger partial charge in [0.25, 0.3) is 5.91 Å². The third-order valence-corrected chi connectivity index (χ3v) is 3.95. The monoisotopic (exact) mass is 338 g/mol. The molecule has 0 spiro atoms. The summed E-state index contributed by atoms with van der Waals surface area (Å²) in [5.74, 6) is -0.961. The second-order valence-electron chi connectivity index (χ2n) is 4.69. The number of halogens is 1. The molecule has 0 fully saturated rings. The summed E-state index contributed by atoms with van der Waals surface area (Å²) in [4.78, 5) is 25.4. The van der Waals surface area contributed by atoms with Gasteiger partial charge in [-0.05, 0) is 40.6 Å². The average Bonchev–Trinajstić information content (AvgIpc) is 2.99. The van der Waals surface area contributed by atoms with Crippen LogP contribution in [0.4, 0.5) is 5.69 Å². The van der Waals surface area contributed by atoms with E-state index in [2.05, 4.69) is 0 Å². The maximum absolute atomic E-state index is 12.0. The summed E-state index contributed by atoms with van der Waals surface area (Å²) in [7, 11) is 1.65. The molecule has 22 heavy (non-hydrogen) atoms. The molecule has 0 atom stereocenters. The van der Waals surface area contributed by atoms with Crippen LogP contribution >= 0.6 is 22.9 Å². The van der Waals surface area contributed by atoms with E-state index in [-0.39, 0.29) is 23.8 Å². The summed E-state index contributed by atoms with van der Waals surface area (Å²) in [6.45, 7) is 0.130. The number of carbonyl (C=O) groups excluding carboxylic acids is 2. The summed E-state index contributed by atoms with van der Waals surface area (Å²) in [5.41, 5.74) is 7.14. The van der Waals surface area contributed by atoms with Gasteiger partial charge in [0.1, 0.15) is 0 Å². The van der Waals surface area contributed by atoms with Gasteiger partial charge >= 0.3 is 5.97 Å². The summed E-state index contributed by atoms with van der Waals surface area (Å²) < 4.78 is 5.00. The average molecular weight is 339 g/mol. The molecule has 1 aromatic carbocycles. The Morgan fingerprint density at radius 1 is 1.36 bits per heavy atom.